The molecule has 0 radical (unpaired) electrons. The molecule has 0 aliphatic rings. The number of benzene rings is 2. The van der Waals surface area contributed by atoms with E-state index in [4.69, 9.17) is 0 Å². The van der Waals surface area contributed by atoms with Crippen LogP contribution in [0.15, 0.2) is 53.3 Å². The lowest BCUT2D eigenvalue weighted by atomic mass is 10.1. The molecule has 28 heavy (non-hydrogen) atoms. The fraction of sp³-hybridized carbons (Fsp3) is 0.200. The molecule has 0 atom stereocenters. The van der Waals surface area contributed by atoms with E-state index in [1.54, 1.807) is 55.6 Å². The number of aromatic nitrogens is 2. The number of nitrogens with zero attached hydrogens (tertiary/aromatic N) is 2. The van der Waals surface area contributed by atoms with Crippen molar-refractivity contribution in [2.24, 2.45) is 7.05 Å². The molecule has 0 fully saturated rings. The molecule has 3 amide bonds. The molecule has 0 saturated heterocycles. The Kier molecular flexibility index (Phi) is 5.69. The molecule has 0 bridgehead atoms. The zero-order chi connectivity index (χ0) is 20.1. The summed E-state index contributed by atoms with van der Waals surface area (Å²) >= 11 is 0. The van der Waals surface area contributed by atoms with Crippen LogP contribution in [0.4, 0.5) is 16.2 Å². The average molecular weight is 379 g/mol. The van der Waals surface area contributed by atoms with Crippen molar-refractivity contribution in [1.29, 1.82) is 0 Å². The minimum Gasteiger partial charge on any atom is -0.338 e. The summed E-state index contributed by atoms with van der Waals surface area (Å²) in [5, 5.41) is 13.6. The molecule has 2 aromatic carbocycles. The second-order valence-electron chi connectivity index (χ2n) is 6.21. The third-order valence-corrected chi connectivity index (χ3v) is 4.10. The largest absolute Gasteiger partial charge is 0.338 e. The smallest absolute Gasteiger partial charge is 0.319 e. The lowest BCUT2D eigenvalue weighted by molar-refractivity contribution is -0.115. The molecule has 8 heteroatoms. The molecule has 8 nitrogen and oxygen atoms in total. The maximum Gasteiger partial charge on any atom is 0.319 e. The number of carbonyl (C=O) groups is 2. The number of hydrogen-bond acceptors (Lipinski definition) is 4. The lowest BCUT2D eigenvalue weighted by Gasteiger charge is -2.10. The van der Waals surface area contributed by atoms with Crippen LogP contribution in [0, 0.1) is 0 Å². The number of aryl methyl sites for hydroxylation is 1. The van der Waals surface area contributed by atoms with E-state index in [9.17, 15) is 14.4 Å². The van der Waals surface area contributed by atoms with Gasteiger partial charge in [0.05, 0.1) is 17.5 Å². The maximum atomic E-state index is 12.5. The van der Waals surface area contributed by atoms with Gasteiger partial charge < -0.3 is 16.0 Å². The standard InChI is InChI=1S/C20H21N5O3/c1-3-21-20(28)23-14-8-6-7-13(11-14)22-18(26)12-17-15-9-4-5-10-16(15)19(27)25(2)24-17/h4-11H,3,12H2,1-2H3,(H,22,26)(H2,21,23,28). The Morgan fingerprint density at radius 1 is 1.00 bits per heavy atom. The Bertz CT molecular complexity index is 1090. The molecule has 3 aromatic rings. The molecule has 1 aromatic heterocycles. The van der Waals surface area contributed by atoms with Gasteiger partial charge in [0.25, 0.3) is 5.56 Å². The van der Waals surface area contributed by atoms with Gasteiger partial charge in [-0.2, -0.15) is 5.10 Å². The van der Waals surface area contributed by atoms with E-state index >= 15 is 0 Å². The maximum absolute atomic E-state index is 12.5. The Morgan fingerprint density at radius 3 is 2.39 bits per heavy atom. The van der Waals surface area contributed by atoms with Gasteiger partial charge in [-0.05, 0) is 31.2 Å². The first-order valence-electron chi connectivity index (χ1n) is 8.87. The lowest BCUT2D eigenvalue weighted by Crippen LogP contribution is -2.28. The minimum absolute atomic E-state index is 0.0165. The SMILES string of the molecule is CCNC(=O)Nc1cccc(NC(=O)Cc2nn(C)c(=O)c3ccccc23)c1. The Labute approximate surface area is 161 Å². The van der Waals surface area contributed by atoms with E-state index in [1.807, 2.05) is 6.92 Å². The summed E-state index contributed by atoms with van der Waals surface area (Å²) < 4.78 is 1.24. The van der Waals surface area contributed by atoms with Gasteiger partial charge in [0.2, 0.25) is 5.91 Å². The summed E-state index contributed by atoms with van der Waals surface area (Å²) in [4.78, 5) is 36.3. The Hall–Kier alpha value is -3.68. The van der Waals surface area contributed by atoms with Crippen LogP contribution in [0.5, 0.6) is 0 Å². The molecule has 0 aliphatic heterocycles. The number of carbonyl (C=O) groups excluding carboxylic acids is 2. The summed E-state index contributed by atoms with van der Waals surface area (Å²) in [5.74, 6) is -0.272. The van der Waals surface area contributed by atoms with Crippen molar-refractivity contribution < 1.29 is 9.59 Å². The fourth-order valence-electron chi connectivity index (χ4n) is 2.87. The predicted octanol–water partition coefficient (Wildman–Crippen LogP) is 2.26. The highest BCUT2D eigenvalue weighted by Crippen LogP contribution is 2.17. The van der Waals surface area contributed by atoms with E-state index in [2.05, 4.69) is 21.0 Å². The normalized spacial score (nSPS) is 10.5. The second kappa shape index (κ2) is 8.34. The monoisotopic (exact) mass is 379 g/mol. The fourth-order valence-corrected chi connectivity index (χ4v) is 2.87. The van der Waals surface area contributed by atoms with E-state index in [-0.39, 0.29) is 23.9 Å². The topological polar surface area (TPSA) is 105 Å². The van der Waals surface area contributed by atoms with Crippen molar-refractivity contribution in [3.63, 3.8) is 0 Å². The van der Waals surface area contributed by atoms with Gasteiger partial charge in [-0.3, -0.25) is 9.59 Å². The first-order chi connectivity index (χ1) is 13.5. The summed E-state index contributed by atoms with van der Waals surface area (Å²) in [7, 11) is 1.56. The number of hydrogen-bond donors (Lipinski definition) is 3. The molecular formula is C20H21N5O3. The van der Waals surface area contributed by atoms with E-state index in [1.165, 1.54) is 4.68 Å². The molecular weight excluding hydrogens is 358 g/mol. The second-order valence-corrected chi connectivity index (χ2v) is 6.21. The minimum atomic E-state index is -0.313. The molecule has 3 rings (SSSR count). The molecule has 144 valence electrons. The van der Waals surface area contributed by atoms with Crippen molar-refractivity contribution in [2.75, 3.05) is 17.2 Å². The van der Waals surface area contributed by atoms with Crippen LogP contribution in [0.2, 0.25) is 0 Å². The first-order valence-corrected chi connectivity index (χ1v) is 8.87. The van der Waals surface area contributed by atoms with Crippen LogP contribution in [0.25, 0.3) is 10.8 Å². The quantitative estimate of drug-likeness (QED) is 0.632. The third kappa shape index (κ3) is 4.35. The molecule has 0 unspecified atom stereocenters. The third-order valence-electron chi connectivity index (χ3n) is 4.10. The van der Waals surface area contributed by atoms with Crippen LogP contribution < -0.4 is 21.5 Å². The summed E-state index contributed by atoms with van der Waals surface area (Å²) in [6, 6.07) is 13.6. The highest BCUT2D eigenvalue weighted by Gasteiger charge is 2.13. The average Bonchev–Trinajstić information content (AvgIpc) is 2.66. The molecule has 0 saturated carbocycles. The van der Waals surface area contributed by atoms with Crippen LogP contribution in [-0.2, 0) is 18.3 Å². The van der Waals surface area contributed by atoms with E-state index < -0.39 is 0 Å². The van der Waals surface area contributed by atoms with Crippen LogP contribution in [0.1, 0.15) is 12.6 Å². The highest BCUT2D eigenvalue weighted by atomic mass is 16.2. The zero-order valence-electron chi connectivity index (χ0n) is 15.7. The number of fused-ring (bicyclic) bond motifs is 1. The van der Waals surface area contributed by atoms with Crippen molar-refractivity contribution in [1.82, 2.24) is 15.1 Å². The van der Waals surface area contributed by atoms with Gasteiger partial charge >= 0.3 is 6.03 Å². The number of anilines is 2. The first kappa shape index (κ1) is 19.1. The number of amides is 3. The predicted molar refractivity (Wildman–Crippen MR) is 108 cm³/mol. The molecule has 0 aliphatic carbocycles. The van der Waals surface area contributed by atoms with Crippen LogP contribution in [-0.4, -0.2) is 28.3 Å². The van der Waals surface area contributed by atoms with Gasteiger partial charge in [0.15, 0.2) is 0 Å². The van der Waals surface area contributed by atoms with Gasteiger partial charge in [-0.1, -0.05) is 24.3 Å². The molecule has 0 spiro atoms. The summed E-state index contributed by atoms with van der Waals surface area (Å²) in [6.07, 6.45) is 0.0165. The number of urea groups is 1. The van der Waals surface area contributed by atoms with Gasteiger partial charge in [0.1, 0.15) is 0 Å². The Morgan fingerprint density at radius 2 is 1.68 bits per heavy atom. The summed E-state index contributed by atoms with van der Waals surface area (Å²) in [5.41, 5.74) is 1.43. The van der Waals surface area contributed by atoms with Crippen LogP contribution in [0.3, 0.4) is 0 Å². The zero-order valence-corrected chi connectivity index (χ0v) is 15.7. The number of rotatable bonds is 5. The van der Waals surface area contributed by atoms with Crippen molar-refractivity contribution in [3.05, 3.63) is 64.6 Å². The van der Waals surface area contributed by atoms with Crippen LogP contribution >= 0.6 is 0 Å². The summed E-state index contributed by atoms with van der Waals surface area (Å²) in [6.45, 7) is 2.34. The Balaban J connectivity index is 1.77. The van der Waals surface area contributed by atoms with E-state index in [0.717, 1.165) is 0 Å². The van der Waals surface area contributed by atoms with Gasteiger partial charge in [-0.25, -0.2) is 9.48 Å². The van der Waals surface area contributed by atoms with Crippen molar-refractivity contribution in [2.45, 2.75) is 13.3 Å². The van der Waals surface area contributed by atoms with Crippen molar-refractivity contribution >= 4 is 34.1 Å². The van der Waals surface area contributed by atoms with Gasteiger partial charge in [0, 0.05) is 30.4 Å². The van der Waals surface area contributed by atoms with E-state index in [0.29, 0.717) is 34.4 Å². The highest BCUT2D eigenvalue weighted by molar-refractivity contribution is 5.96. The number of nitrogens with one attached hydrogen (secondary N) is 3. The molecule has 3 N–H and O–H groups in total. The van der Waals surface area contributed by atoms with Gasteiger partial charge in [-0.15, -0.1) is 0 Å². The van der Waals surface area contributed by atoms with Crippen molar-refractivity contribution in [3.8, 4) is 0 Å². The molecule has 1 heterocycles.